The molecular weight excluding hydrogens is 1410 g/mol. The second-order valence-electron chi connectivity index (χ2n) is 29.0. The van der Waals surface area contributed by atoms with Gasteiger partial charge in [0.05, 0.1) is 62.5 Å². The van der Waals surface area contributed by atoms with E-state index in [1.165, 1.54) is 47.6 Å². The summed E-state index contributed by atoms with van der Waals surface area (Å²) in [7, 11) is 0. The highest BCUT2D eigenvalue weighted by Crippen LogP contribution is 2.42. The lowest BCUT2D eigenvalue weighted by atomic mass is 9.94. The van der Waals surface area contributed by atoms with Gasteiger partial charge in [-0.1, -0.05) is 112 Å². The molecule has 34 atom stereocenters. The summed E-state index contributed by atoms with van der Waals surface area (Å²) in [4.78, 5) is 72.2. The summed E-state index contributed by atoms with van der Waals surface area (Å²) >= 11 is 0. The molecule has 106 heavy (non-hydrogen) atoms. The number of aliphatic hydroxyl groups is 12. The lowest BCUT2D eigenvalue weighted by molar-refractivity contribution is -0.414. The minimum absolute atomic E-state index is 0.0580. The van der Waals surface area contributed by atoms with Gasteiger partial charge in [0.2, 0.25) is 0 Å². The highest BCUT2D eigenvalue weighted by molar-refractivity contribution is 5.87. The van der Waals surface area contributed by atoms with E-state index in [-0.39, 0.29) is 37.7 Å². The predicted molar refractivity (Wildman–Crippen MR) is 362 cm³/mol. The lowest BCUT2D eigenvalue weighted by Crippen LogP contribution is -2.70. The molecule has 612 valence electrons. The Kier molecular flexibility index (Phi) is 36.0. The molecule has 0 aromatic rings. The van der Waals surface area contributed by atoms with Crippen LogP contribution in [0.4, 0.5) is 0 Å². The van der Waals surface area contributed by atoms with Crippen molar-refractivity contribution < 1.29 is 166 Å². The SMILES string of the molecule is C/C=C(\C)C(=O)O[C@@H]1[C@@H](O[C@@H]2O[C@H](CO)[C@@H](O)[C@H](O)[C@H]2O)[C@@H](OC(=O)[C@@H](C)CC)[C@H](O[C@H]2[C@@H]3O[C@H]4[C@H](O[C@@H](CCCCC)CCCCCCCCCC(=O)O[C@H]5[C@H](O[C@H]2[C@H](O)[C@@H](CO)O3)O[C@H](CO[C@@H]2O[C@H](CO)[C@@H](O)[C@H](O)[C@H]2O)[C@@H](OC(=O)[C@@H](C)CC)[C@@H]5OC(=O)[C@@H](C)CC)O[C@H](C)[C@@H](O)[C@@H]4O)O[C@H]1C. The standard InChI is InChI=1S/C72H120O34/c1-12-17-23-26-39-27-24-21-19-18-20-22-25-28-44(76)98-61-59(101-65(88)35(8)15-4)55(100-64(87)34(7)14-3)43(32-90-67-52(84)49(81)46(78)40(29-73)94-67)97-72(61)103-56-48(80)42(31-75)96-71(104-57-51(83)45(77)37(10)91-69(57)93-39)60(56)106-70-62(102-66(89)36(9)16-5)58(54(38(11)92-70)99-63(86)33(6)13-2)105-68-53(85)50(82)47(79)41(30-74)95-68/h13,34-43,45-62,67-75,77-85H,12,14-32H2,1-11H3/b33-13+/t34-,35-,36-,37+,38-,39-,40+,41+,42+,43+,45+,46+,47+,48+,49-,50-,51-,52+,53+,54-,55+,56-,57+,58+,59-,60+,61+,62+,67+,68-,69-,70-,71-,72-/m0/s1. The molecule has 0 unspecified atom stereocenters. The van der Waals surface area contributed by atoms with Gasteiger partial charge in [0.15, 0.2) is 68.3 Å². The van der Waals surface area contributed by atoms with Crippen molar-refractivity contribution in [2.75, 3.05) is 26.4 Å². The molecule has 34 nitrogen and oxygen atoms in total. The van der Waals surface area contributed by atoms with E-state index in [4.69, 9.17) is 80.5 Å². The number of hydrogen-bond donors (Lipinski definition) is 12. The summed E-state index contributed by atoms with van der Waals surface area (Å²) < 4.78 is 110. The van der Waals surface area contributed by atoms with E-state index in [1.54, 1.807) is 27.7 Å². The molecule has 7 heterocycles. The molecule has 12 N–H and O–H groups in total. The van der Waals surface area contributed by atoms with Crippen molar-refractivity contribution in [3.63, 3.8) is 0 Å². The maximum Gasteiger partial charge on any atom is 0.333 e. The van der Waals surface area contributed by atoms with Gasteiger partial charge in [-0.2, -0.15) is 0 Å². The fraction of sp³-hybridized carbons (Fsp3) is 0.903. The van der Waals surface area contributed by atoms with Crippen molar-refractivity contribution in [1.29, 1.82) is 0 Å². The topological polar surface area (TPSA) is 485 Å². The molecule has 0 amide bonds. The Morgan fingerprint density at radius 2 is 0.972 bits per heavy atom. The van der Waals surface area contributed by atoms with Crippen LogP contribution in [-0.4, -0.2) is 308 Å². The smallest absolute Gasteiger partial charge is 0.333 e. The van der Waals surface area contributed by atoms with Crippen LogP contribution in [0.3, 0.4) is 0 Å². The van der Waals surface area contributed by atoms with Crippen molar-refractivity contribution in [2.24, 2.45) is 17.8 Å². The van der Waals surface area contributed by atoms with E-state index in [0.717, 1.165) is 38.5 Å². The third kappa shape index (κ3) is 22.7. The van der Waals surface area contributed by atoms with Gasteiger partial charge < -0.3 is 142 Å². The van der Waals surface area contributed by atoms with E-state index in [0.29, 0.717) is 32.1 Å². The van der Waals surface area contributed by atoms with E-state index in [9.17, 15) is 85.3 Å². The van der Waals surface area contributed by atoms with Crippen LogP contribution < -0.4 is 0 Å². The first-order valence-corrected chi connectivity index (χ1v) is 37.9. The molecule has 0 saturated carbocycles. The van der Waals surface area contributed by atoms with Crippen LogP contribution in [0.1, 0.15) is 179 Å². The van der Waals surface area contributed by atoms with Crippen LogP contribution in [0.25, 0.3) is 0 Å². The van der Waals surface area contributed by atoms with E-state index in [1.807, 2.05) is 6.92 Å². The Morgan fingerprint density at radius 1 is 0.462 bits per heavy atom. The van der Waals surface area contributed by atoms with E-state index >= 15 is 0 Å². The van der Waals surface area contributed by atoms with Crippen molar-refractivity contribution in [1.82, 2.24) is 0 Å². The first kappa shape index (κ1) is 89.3. The van der Waals surface area contributed by atoms with Gasteiger partial charge in [-0.25, -0.2) is 4.79 Å². The molecule has 7 aliphatic heterocycles. The highest BCUT2D eigenvalue weighted by Gasteiger charge is 2.62. The molecular formula is C72H120O34. The number of unbranched alkanes of at least 4 members (excludes halogenated alkanes) is 2. The van der Waals surface area contributed by atoms with Crippen LogP contribution in [0, 0.1) is 17.8 Å². The summed E-state index contributed by atoms with van der Waals surface area (Å²) in [6.07, 6.45) is -47.9. The van der Waals surface area contributed by atoms with Crippen LogP contribution >= 0.6 is 0 Å². The number of carbonyl (C=O) groups excluding carboxylic acids is 5. The Bertz CT molecular complexity index is 2710. The highest BCUT2D eigenvalue weighted by atomic mass is 16.8. The maximum absolute atomic E-state index is 14.7. The zero-order valence-electron chi connectivity index (χ0n) is 62.7. The number of allylic oxidation sites excluding steroid dienone is 1. The van der Waals surface area contributed by atoms with Gasteiger partial charge in [-0.05, 0) is 66.2 Å². The van der Waals surface area contributed by atoms with Crippen molar-refractivity contribution in [3.05, 3.63) is 11.6 Å². The molecule has 34 heteroatoms. The van der Waals surface area contributed by atoms with Gasteiger partial charge in [-0.3, -0.25) is 19.2 Å². The lowest BCUT2D eigenvalue weighted by Gasteiger charge is -2.52. The molecule has 0 aliphatic carbocycles. The predicted octanol–water partition coefficient (Wildman–Crippen LogP) is 0.311. The third-order valence-corrected chi connectivity index (χ3v) is 21.1. The number of fused-ring (bicyclic) bond motifs is 4. The Morgan fingerprint density at radius 3 is 1.55 bits per heavy atom. The number of esters is 5. The van der Waals surface area contributed by atoms with Gasteiger partial charge in [0, 0.05) is 12.0 Å². The third-order valence-electron chi connectivity index (χ3n) is 21.1. The Labute approximate surface area is 618 Å². The fourth-order valence-corrected chi connectivity index (χ4v) is 13.4. The van der Waals surface area contributed by atoms with Gasteiger partial charge >= 0.3 is 29.8 Å². The first-order valence-electron chi connectivity index (χ1n) is 37.9. The van der Waals surface area contributed by atoms with Crippen LogP contribution in [-0.2, 0) is 104 Å². The number of rotatable bonds is 25. The number of hydrogen-bond acceptors (Lipinski definition) is 34. The zero-order chi connectivity index (χ0) is 78.0. The van der Waals surface area contributed by atoms with Crippen molar-refractivity contribution >= 4 is 29.8 Å². The summed E-state index contributed by atoms with van der Waals surface area (Å²) in [6, 6.07) is 0. The van der Waals surface area contributed by atoms with Crippen molar-refractivity contribution in [2.45, 2.75) is 369 Å². The summed E-state index contributed by atoms with van der Waals surface area (Å²) in [5, 5.41) is 136. The maximum atomic E-state index is 14.7. The largest absolute Gasteiger partial charge is 0.455 e. The van der Waals surface area contributed by atoms with E-state index < -0.39 is 264 Å². The van der Waals surface area contributed by atoms with Crippen LogP contribution in [0.15, 0.2) is 11.6 Å². The molecule has 7 saturated heterocycles. The molecule has 0 radical (unpaired) electrons. The second-order valence-corrected chi connectivity index (χ2v) is 29.0. The number of carbonyl (C=O) groups is 5. The number of aliphatic hydroxyl groups excluding tert-OH is 12. The molecule has 7 rings (SSSR count). The van der Waals surface area contributed by atoms with Crippen LogP contribution in [0.5, 0.6) is 0 Å². The summed E-state index contributed by atoms with van der Waals surface area (Å²) in [5.41, 5.74) is 0.0580. The first-order chi connectivity index (χ1) is 50.5. The Balaban J connectivity index is 1.49. The van der Waals surface area contributed by atoms with Gasteiger partial charge in [0.25, 0.3) is 0 Å². The monoisotopic (exact) mass is 1530 g/mol. The average Bonchev–Trinajstić information content (AvgIpc) is 0.758. The van der Waals surface area contributed by atoms with E-state index in [2.05, 4.69) is 0 Å². The normalized spacial score (nSPS) is 41.5. The molecule has 7 fully saturated rings. The fourth-order valence-electron chi connectivity index (χ4n) is 13.4. The quantitative estimate of drug-likeness (QED) is 0.0253. The minimum atomic E-state index is -2.25. The molecule has 0 spiro atoms. The number of ether oxygens (including phenoxy) is 17. The second kappa shape index (κ2) is 42.7. The molecule has 0 aromatic heterocycles. The van der Waals surface area contributed by atoms with Gasteiger partial charge in [0.1, 0.15) is 104 Å². The average molecular weight is 1530 g/mol. The molecule has 0 aromatic carbocycles. The zero-order valence-corrected chi connectivity index (χ0v) is 62.7. The molecule has 2 bridgehead atoms. The van der Waals surface area contributed by atoms with Gasteiger partial charge in [-0.15, -0.1) is 0 Å². The van der Waals surface area contributed by atoms with Crippen LogP contribution in [0.2, 0.25) is 0 Å². The minimum Gasteiger partial charge on any atom is -0.455 e. The molecule has 7 aliphatic rings. The summed E-state index contributed by atoms with van der Waals surface area (Å²) in [5.74, 6) is -7.39. The van der Waals surface area contributed by atoms with Crippen molar-refractivity contribution in [3.8, 4) is 0 Å². The summed E-state index contributed by atoms with van der Waals surface area (Å²) in [6.45, 7) is 13.7. The Hall–Kier alpha value is -3.87.